The average Bonchev–Trinajstić information content (AvgIpc) is 2.44. The van der Waals surface area contributed by atoms with Crippen molar-refractivity contribution in [1.82, 2.24) is 0 Å². The topological polar surface area (TPSA) is 29.5 Å². The zero-order valence-electron chi connectivity index (χ0n) is 10.7. The molecule has 0 aliphatic carbocycles. The maximum Gasteiger partial charge on any atom is 0.165 e. The van der Waals surface area contributed by atoms with Crippen LogP contribution < -0.4 is 4.74 Å². The fourth-order valence-electron chi connectivity index (χ4n) is 1.92. The van der Waals surface area contributed by atoms with Crippen LogP contribution in [0, 0.1) is 11.6 Å². The lowest BCUT2D eigenvalue weighted by Crippen LogP contribution is -2.04. The van der Waals surface area contributed by atoms with Crippen molar-refractivity contribution in [2.75, 3.05) is 7.11 Å². The molecule has 2 rings (SSSR count). The van der Waals surface area contributed by atoms with Gasteiger partial charge < -0.3 is 9.84 Å². The molecule has 1 unspecified atom stereocenters. The molecule has 106 valence electrons. The summed E-state index contributed by atoms with van der Waals surface area (Å²) in [4.78, 5) is 0. The van der Waals surface area contributed by atoms with E-state index >= 15 is 0 Å². The molecule has 0 aliphatic heterocycles. The molecular formula is C15H13ClF2O2. The molecular weight excluding hydrogens is 286 g/mol. The summed E-state index contributed by atoms with van der Waals surface area (Å²) in [7, 11) is 1.34. The molecule has 0 spiro atoms. The molecule has 0 fully saturated rings. The summed E-state index contributed by atoms with van der Waals surface area (Å²) in [5, 5.41) is 10.1. The van der Waals surface area contributed by atoms with E-state index in [1.165, 1.54) is 31.4 Å². The Morgan fingerprint density at radius 3 is 2.70 bits per heavy atom. The number of ether oxygens (including phenoxy) is 1. The van der Waals surface area contributed by atoms with Crippen LogP contribution in [0.2, 0.25) is 5.02 Å². The van der Waals surface area contributed by atoms with E-state index in [9.17, 15) is 13.9 Å². The van der Waals surface area contributed by atoms with Crippen LogP contribution in [0.25, 0.3) is 0 Å². The molecule has 0 radical (unpaired) electrons. The predicted molar refractivity (Wildman–Crippen MR) is 73.0 cm³/mol. The van der Waals surface area contributed by atoms with Gasteiger partial charge in [-0.25, -0.2) is 8.78 Å². The van der Waals surface area contributed by atoms with Crippen LogP contribution in [0.3, 0.4) is 0 Å². The third-order valence-corrected chi connectivity index (χ3v) is 3.30. The third kappa shape index (κ3) is 3.08. The Morgan fingerprint density at radius 2 is 2.00 bits per heavy atom. The minimum absolute atomic E-state index is 0.00591. The van der Waals surface area contributed by atoms with E-state index in [1.54, 1.807) is 12.1 Å². The predicted octanol–water partition coefficient (Wildman–Crippen LogP) is 3.90. The Labute approximate surface area is 120 Å². The molecule has 0 aromatic heterocycles. The first-order valence-corrected chi connectivity index (χ1v) is 6.35. The first-order chi connectivity index (χ1) is 9.52. The normalized spacial score (nSPS) is 12.2. The third-order valence-electron chi connectivity index (χ3n) is 3.00. The molecule has 1 atom stereocenters. The highest BCUT2D eigenvalue weighted by atomic mass is 35.5. The largest absolute Gasteiger partial charge is 0.494 e. The van der Waals surface area contributed by atoms with Gasteiger partial charge in [0.15, 0.2) is 11.6 Å². The Kier molecular flexibility index (Phi) is 4.57. The second-order valence-corrected chi connectivity index (χ2v) is 4.73. The number of halogens is 3. The van der Waals surface area contributed by atoms with Crippen molar-refractivity contribution in [2.45, 2.75) is 12.5 Å². The van der Waals surface area contributed by atoms with E-state index in [-0.39, 0.29) is 17.2 Å². The van der Waals surface area contributed by atoms with Gasteiger partial charge in [0, 0.05) is 6.42 Å². The van der Waals surface area contributed by atoms with Gasteiger partial charge in [-0.05, 0) is 29.3 Å². The number of hydrogen-bond donors (Lipinski definition) is 1. The summed E-state index contributed by atoms with van der Waals surface area (Å²) in [6.07, 6.45) is -0.932. The van der Waals surface area contributed by atoms with E-state index in [4.69, 9.17) is 16.3 Å². The van der Waals surface area contributed by atoms with E-state index in [2.05, 4.69) is 0 Å². The van der Waals surface area contributed by atoms with Crippen LogP contribution in [-0.2, 0) is 6.42 Å². The zero-order chi connectivity index (χ0) is 14.7. The standard InChI is InChI=1S/C15H13ClF2O2/c1-20-14-8-9(5-6-12(14)17)13(19)7-10-3-2-4-11(16)15(10)18/h2-6,8,13,19H,7H2,1H3. The van der Waals surface area contributed by atoms with Crippen molar-refractivity contribution < 1.29 is 18.6 Å². The lowest BCUT2D eigenvalue weighted by atomic mass is 10.0. The molecule has 0 bridgehead atoms. The molecule has 2 aromatic rings. The lowest BCUT2D eigenvalue weighted by Gasteiger charge is -2.13. The smallest absolute Gasteiger partial charge is 0.165 e. The number of hydrogen-bond acceptors (Lipinski definition) is 2. The van der Waals surface area contributed by atoms with Gasteiger partial charge in [-0.1, -0.05) is 29.8 Å². The van der Waals surface area contributed by atoms with Gasteiger partial charge in [0.05, 0.1) is 18.2 Å². The van der Waals surface area contributed by atoms with Crippen LogP contribution in [0.5, 0.6) is 5.75 Å². The number of aliphatic hydroxyl groups excluding tert-OH is 1. The molecule has 0 aliphatic rings. The summed E-state index contributed by atoms with van der Waals surface area (Å²) in [6.45, 7) is 0. The number of methoxy groups -OCH3 is 1. The SMILES string of the molecule is COc1cc(C(O)Cc2cccc(Cl)c2F)ccc1F. The highest BCUT2D eigenvalue weighted by Crippen LogP contribution is 2.27. The molecule has 2 nitrogen and oxygen atoms in total. The fraction of sp³-hybridized carbons (Fsp3) is 0.200. The van der Waals surface area contributed by atoms with Crippen molar-refractivity contribution in [2.24, 2.45) is 0 Å². The van der Waals surface area contributed by atoms with Crippen LogP contribution in [0.15, 0.2) is 36.4 Å². The monoisotopic (exact) mass is 298 g/mol. The van der Waals surface area contributed by atoms with Gasteiger partial charge in [0.2, 0.25) is 0 Å². The first-order valence-electron chi connectivity index (χ1n) is 5.97. The van der Waals surface area contributed by atoms with E-state index in [1.807, 2.05) is 0 Å². The Hall–Kier alpha value is -1.65. The molecule has 0 heterocycles. The molecule has 5 heteroatoms. The van der Waals surface area contributed by atoms with Crippen molar-refractivity contribution in [3.63, 3.8) is 0 Å². The van der Waals surface area contributed by atoms with Gasteiger partial charge in [-0.15, -0.1) is 0 Å². The van der Waals surface area contributed by atoms with Gasteiger partial charge in [-0.3, -0.25) is 0 Å². The molecule has 0 amide bonds. The second kappa shape index (κ2) is 6.20. The molecule has 20 heavy (non-hydrogen) atoms. The van der Waals surface area contributed by atoms with Crippen molar-refractivity contribution in [3.8, 4) is 5.75 Å². The quantitative estimate of drug-likeness (QED) is 0.927. The Bertz CT molecular complexity index is 617. The van der Waals surface area contributed by atoms with Gasteiger partial charge >= 0.3 is 0 Å². The minimum Gasteiger partial charge on any atom is -0.494 e. The Morgan fingerprint density at radius 1 is 1.25 bits per heavy atom. The van der Waals surface area contributed by atoms with Crippen molar-refractivity contribution >= 4 is 11.6 Å². The van der Waals surface area contributed by atoms with Gasteiger partial charge in [0.25, 0.3) is 0 Å². The summed E-state index contributed by atoms with van der Waals surface area (Å²) in [5.41, 5.74) is 0.746. The highest BCUT2D eigenvalue weighted by molar-refractivity contribution is 6.30. The second-order valence-electron chi connectivity index (χ2n) is 4.33. The lowest BCUT2D eigenvalue weighted by molar-refractivity contribution is 0.176. The van der Waals surface area contributed by atoms with Crippen LogP contribution in [0.1, 0.15) is 17.2 Å². The molecule has 0 saturated heterocycles. The van der Waals surface area contributed by atoms with E-state index in [0.717, 1.165) is 0 Å². The van der Waals surface area contributed by atoms with Crippen molar-refractivity contribution in [3.05, 3.63) is 64.2 Å². The number of aliphatic hydroxyl groups is 1. The van der Waals surface area contributed by atoms with E-state index < -0.39 is 17.7 Å². The number of rotatable bonds is 4. The first kappa shape index (κ1) is 14.8. The summed E-state index contributed by atoms with van der Waals surface area (Å²) < 4.78 is 31.9. The summed E-state index contributed by atoms with van der Waals surface area (Å²) in [5.74, 6) is -1.03. The van der Waals surface area contributed by atoms with Gasteiger partial charge in [-0.2, -0.15) is 0 Å². The van der Waals surface area contributed by atoms with Crippen LogP contribution in [0.4, 0.5) is 8.78 Å². The highest BCUT2D eigenvalue weighted by Gasteiger charge is 2.15. The molecule has 2 aromatic carbocycles. The zero-order valence-corrected chi connectivity index (χ0v) is 11.5. The van der Waals surface area contributed by atoms with E-state index in [0.29, 0.717) is 11.1 Å². The fourth-order valence-corrected chi connectivity index (χ4v) is 2.11. The maximum absolute atomic E-state index is 13.8. The number of benzene rings is 2. The summed E-state index contributed by atoms with van der Waals surface area (Å²) >= 11 is 5.69. The van der Waals surface area contributed by atoms with Gasteiger partial charge in [0.1, 0.15) is 5.82 Å². The average molecular weight is 299 g/mol. The van der Waals surface area contributed by atoms with Crippen LogP contribution >= 0.6 is 11.6 Å². The summed E-state index contributed by atoms with van der Waals surface area (Å²) in [6, 6.07) is 8.62. The van der Waals surface area contributed by atoms with Crippen LogP contribution in [-0.4, -0.2) is 12.2 Å². The molecule has 0 saturated carbocycles. The molecule has 1 N–H and O–H groups in total. The Balaban J connectivity index is 2.24. The minimum atomic E-state index is -0.975. The van der Waals surface area contributed by atoms with Crippen molar-refractivity contribution in [1.29, 1.82) is 0 Å². The maximum atomic E-state index is 13.8.